The van der Waals surface area contributed by atoms with Gasteiger partial charge in [-0.1, -0.05) is 23.4 Å². The summed E-state index contributed by atoms with van der Waals surface area (Å²) in [7, 11) is 3.13. The third-order valence-corrected chi connectivity index (χ3v) is 8.70. The number of phenols is 1. The molecule has 3 aromatic rings. The van der Waals surface area contributed by atoms with E-state index in [-0.39, 0.29) is 35.5 Å². The minimum Gasteiger partial charge on any atom is -0.510 e. The molecule has 3 aliphatic rings. The van der Waals surface area contributed by atoms with E-state index in [1.165, 1.54) is 23.2 Å². The van der Waals surface area contributed by atoms with Crippen LogP contribution < -0.4 is 11.1 Å². The monoisotopic (exact) mass is 600 g/mol. The Kier molecular flexibility index (Phi) is 6.67. The lowest BCUT2D eigenvalue weighted by molar-refractivity contribution is -0.148. The highest BCUT2D eigenvalue weighted by Gasteiger charge is 2.63. The lowest BCUT2D eigenvalue weighted by Gasteiger charge is -2.50. The number of amides is 2. The van der Waals surface area contributed by atoms with E-state index < -0.39 is 64.0 Å². The van der Waals surface area contributed by atoms with Crippen LogP contribution in [0.3, 0.4) is 0 Å². The molecule has 6 rings (SSSR count). The van der Waals surface area contributed by atoms with Gasteiger partial charge in [0, 0.05) is 23.2 Å². The van der Waals surface area contributed by atoms with Gasteiger partial charge in [0.1, 0.15) is 22.8 Å². The smallest absolute Gasteiger partial charge is 0.294 e. The standard InChI is InChI=1S/C31H28N4O9/c1-35(2)24-18-12-14-11-17-16(13-4-3-5-15(10-13)34-30(42)20-8-9-33-44-20)6-7-19(36)22(17)25(37)21(14)27(39)31(18,43)28(40)23(26(24)38)29(32)41/h3-10,14,18,24,36,38-39,43H,11-12H2,1-2H3,(H2,32,41)(H,34,42)/t14-,18-,24-,31+/m1/s1. The molecule has 0 bridgehead atoms. The number of hydrogen-bond acceptors (Lipinski definition) is 11. The second kappa shape index (κ2) is 10.2. The van der Waals surface area contributed by atoms with E-state index in [4.69, 9.17) is 10.3 Å². The van der Waals surface area contributed by atoms with Crippen molar-refractivity contribution in [3.05, 3.63) is 88.2 Å². The minimum absolute atomic E-state index is 0.0143. The van der Waals surface area contributed by atoms with Crippen molar-refractivity contribution < 1.29 is 44.1 Å². The Morgan fingerprint density at radius 3 is 2.52 bits per heavy atom. The third-order valence-electron chi connectivity index (χ3n) is 8.70. The van der Waals surface area contributed by atoms with E-state index in [1.54, 1.807) is 44.4 Å². The summed E-state index contributed by atoms with van der Waals surface area (Å²) in [5.41, 5.74) is 3.51. The number of fused-ring (bicyclic) bond motifs is 3. The highest BCUT2D eigenvalue weighted by atomic mass is 16.5. The molecule has 13 heteroatoms. The summed E-state index contributed by atoms with van der Waals surface area (Å²) in [6.45, 7) is 0. The number of aromatic nitrogens is 1. The van der Waals surface area contributed by atoms with Crippen molar-refractivity contribution in [1.29, 1.82) is 0 Å². The molecule has 3 aliphatic carbocycles. The normalized spacial score (nSPS) is 24.6. The van der Waals surface area contributed by atoms with E-state index in [9.17, 15) is 39.6 Å². The van der Waals surface area contributed by atoms with Crippen LogP contribution in [-0.4, -0.2) is 79.6 Å². The number of nitrogens with zero attached hydrogens (tertiary/aromatic N) is 2. The van der Waals surface area contributed by atoms with Gasteiger partial charge >= 0.3 is 0 Å². The van der Waals surface area contributed by atoms with Gasteiger partial charge in [0.25, 0.3) is 11.8 Å². The van der Waals surface area contributed by atoms with Gasteiger partial charge in [-0.3, -0.25) is 24.1 Å². The molecule has 226 valence electrons. The molecule has 0 unspecified atom stereocenters. The molecule has 13 nitrogen and oxygen atoms in total. The number of allylic oxidation sites excluding steroid dienone is 1. The summed E-state index contributed by atoms with van der Waals surface area (Å²) < 4.78 is 4.90. The van der Waals surface area contributed by atoms with E-state index in [0.29, 0.717) is 22.4 Å². The van der Waals surface area contributed by atoms with Crippen LogP contribution in [0.25, 0.3) is 11.1 Å². The molecule has 0 radical (unpaired) electrons. The molecular formula is C31H28N4O9. The fourth-order valence-corrected chi connectivity index (χ4v) is 6.81. The number of rotatable bonds is 5. The molecule has 0 aliphatic heterocycles. The SMILES string of the molecule is CN(C)[C@H]1C(O)=C(C(N)=O)C(=O)[C@@]2(O)C(O)=C3C(=O)c4c(O)ccc(-c5cccc(NC(=O)c6ccno6)c5)c4C[C@@H]3C[C@H]12. The number of aliphatic hydroxyl groups is 3. The first-order valence-corrected chi connectivity index (χ1v) is 13.7. The van der Waals surface area contributed by atoms with Gasteiger partial charge in [-0.05, 0) is 67.7 Å². The van der Waals surface area contributed by atoms with Crippen molar-refractivity contribution in [3.8, 4) is 16.9 Å². The van der Waals surface area contributed by atoms with Gasteiger partial charge in [-0.2, -0.15) is 0 Å². The maximum absolute atomic E-state index is 14.0. The van der Waals surface area contributed by atoms with Crippen molar-refractivity contribution in [1.82, 2.24) is 10.1 Å². The average Bonchev–Trinajstić information content (AvgIpc) is 3.50. The van der Waals surface area contributed by atoms with Crippen molar-refractivity contribution in [3.63, 3.8) is 0 Å². The minimum atomic E-state index is -2.71. The zero-order valence-corrected chi connectivity index (χ0v) is 23.6. The number of likely N-dealkylation sites (N-methyl/N-ethyl adjacent to an activating group) is 1. The van der Waals surface area contributed by atoms with Crippen LogP contribution in [0.1, 0.15) is 32.9 Å². The number of aromatic hydroxyl groups is 1. The quantitative estimate of drug-likeness (QED) is 0.233. The Balaban J connectivity index is 1.45. The highest BCUT2D eigenvalue weighted by molar-refractivity contribution is 6.25. The number of aliphatic hydroxyl groups excluding tert-OH is 2. The fraction of sp³-hybridized carbons (Fsp3) is 0.258. The zero-order chi connectivity index (χ0) is 31.7. The van der Waals surface area contributed by atoms with Crippen LogP contribution in [0, 0.1) is 11.8 Å². The van der Waals surface area contributed by atoms with Crippen molar-refractivity contribution in [2.45, 2.75) is 24.5 Å². The van der Waals surface area contributed by atoms with Gasteiger partial charge in [-0.25, -0.2) is 0 Å². The summed E-state index contributed by atoms with van der Waals surface area (Å²) in [6, 6.07) is 10.1. The molecule has 0 spiro atoms. The van der Waals surface area contributed by atoms with Gasteiger partial charge in [0.05, 0.1) is 17.8 Å². The van der Waals surface area contributed by atoms with Gasteiger partial charge < -0.3 is 36.0 Å². The van der Waals surface area contributed by atoms with E-state index in [1.807, 2.05) is 0 Å². The summed E-state index contributed by atoms with van der Waals surface area (Å²) in [6.07, 6.45) is 1.43. The molecule has 2 aromatic carbocycles. The predicted molar refractivity (Wildman–Crippen MR) is 154 cm³/mol. The first-order chi connectivity index (χ1) is 20.9. The molecule has 7 N–H and O–H groups in total. The topological polar surface area (TPSA) is 217 Å². The number of anilines is 1. The van der Waals surface area contributed by atoms with E-state index in [0.717, 1.165) is 0 Å². The van der Waals surface area contributed by atoms with Gasteiger partial charge in [0.2, 0.25) is 11.5 Å². The van der Waals surface area contributed by atoms with Crippen LogP contribution in [0.4, 0.5) is 5.69 Å². The number of hydrogen-bond donors (Lipinski definition) is 6. The molecule has 0 saturated heterocycles. The number of carbonyl (C=O) groups excluding carboxylic acids is 4. The van der Waals surface area contributed by atoms with Crippen LogP contribution >= 0.6 is 0 Å². The Morgan fingerprint density at radius 1 is 1.11 bits per heavy atom. The number of phenolic OH excluding ortho intramolecular Hbond substituents is 1. The number of nitrogens with two attached hydrogens (primary N) is 1. The maximum Gasteiger partial charge on any atom is 0.294 e. The lowest BCUT2D eigenvalue weighted by Crippen LogP contribution is -2.63. The second-order valence-electron chi connectivity index (χ2n) is 11.4. The predicted octanol–water partition coefficient (Wildman–Crippen LogP) is 2.03. The molecular weight excluding hydrogens is 572 g/mol. The summed E-state index contributed by atoms with van der Waals surface area (Å²) in [4.78, 5) is 53.6. The largest absolute Gasteiger partial charge is 0.510 e. The van der Waals surface area contributed by atoms with Crippen molar-refractivity contribution in [2.24, 2.45) is 17.6 Å². The molecule has 2 amide bonds. The lowest BCUT2D eigenvalue weighted by atomic mass is 9.58. The van der Waals surface area contributed by atoms with Gasteiger partial charge in [-0.15, -0.1) is 0 Å². The van der Waals surface area contributed by atoms with Crippen LogP contribution in [-0.2, 0) is 16.0 Å². The number of primary amides is 1. The Hall–Kier alpha value is -5.27. The fourth-order valence-electron chi connectivity index (χ4n) is 6.81. The number of carbonyl (C=O) groups is 4. The first kappa shape index (κ1) is 28.8. The summed E-state index contributed by atoms with van der Waals surface area (Å²) in [5.74, 6) is -7.67. The van der Waals surface area contributed by atoms with Crippen LogP contribution in [0.5, 0.6) is 5.75 Å². The van der Waals surface area contributed by atoms with Crippen molar-refractivity contribution >= 4 is 29.1 Å². The number of Topliss-reactive ketones (excluding diaryl/α,β-unsaturated/α-hetero) is 2. The molecule has 4 atom stereocenters. The molecule has 1 heterocycles. The summed E-state index contributed by atoms with van der Waals surface area (Å²) in [5, 5.41) is 51.2. The Labute approximate surface area is 249 Å². The molecule has 0 fully saturated rings. The molecule has 1 aromatic heterocycles. The number of benzene rings is 2. The molecule has 0 saturated carbocycles. The number of ketones is 2. The maximum atomic E-state index is 14.0. The Morgan fingerprint density at radius 2 is 1.86 bits per heavy atom. The average molecular weight is 601 g/mol. The second-order valence-corrected chi connectivity index (χ2v) is 11.4. The third kappa shape index (κ3) is 4.12. The van der Waals surface area contributed by atoms with Crippen LogP contribution in [0.15, 0.2) is 75.8 Å². The van der Waals surface area contributed by atoms with Crippen molar-refractivity contribution in [2.75, 3.05) is 19.4 Å². The number of nitrogens with one attached hydrogen (secondary N) is 1. The van der Waals surface area contributed by atoms with Crippen LogP contribution in [0.2, 0.25) is 0 Å². The van der Waals surface area contributed by atoms with E-state index >= 15 is 0 Å². The zero-order valence-electron chi connectivity index (χ0n) is 23.6. The summed E-state index contributed by atoms with van der Waals surface area (Å²) >= 11 is 0. The molecule has 44 heavy (non-hydrogen) atoms. The Bertz CT molecular complexity index is 1820. The first-order valence-electron chi connectivity index (χ1n) is 13.7. The highest BCUT2D eigenvalue weighted by Crippen LogP contribution is 2.53. The van der Waals surface area contributed by atoms with E-state index in [2.05, 4.69) is 10.5 Å². The van der Waals surface area contributed by atoms with Gasteiger partial charge in [0.15, 0.2) is 11.4 Å².